The van der Waals surface area contributed by atoms with Gasteiger partial charge in [-0.15, -0.1) is 0 Å². The predicted molar refractivity (Wildman–Crippen MR) is 178 cm³/mol. The zero-order chi connectivity index (χ0) is 31.8. The van der Waals surface area contributed by atoms with E-state index < -0.39 is 11.6 Å². The lowest BCUT2D eigenvalue weighted by Gasteiger charge is -2.10. The first-order chi connectivity index (χ1) is 21.1. The third-order valence-electron chi connectivity index (χ3n) is 6.28. The van der Waals surface area contributed by atoms with E-state index in [4.69, 9.17) is 9.47 Å². The second-order valence-electron chi connectivity index (χ2n) is 9.18. The second-order valence-corrected chi connectivity index (χ2v) is 11.9. The number of ether oxygens (including phenoxy) is 2. The van der Waals surface area contributed by atoms with Crippen molar-refractivity contribution in [3.63, 3.8) is 0 Å². The number of rotatable bonds is 8. The van der Waals surface area contributed by atoms with Gasteiger partial charge in [-0.25, -0.2) is 8.78 Å². The molecule has 0 amide bonds. The third-order valence-corrected chi connectivity index (χ3v) is 7.79. The third kappa shape index (κ3) is 8.40. The fourth-order valence-corrected chi connectivity index (χ4v) is 5.07. The number of hydrogen-bond donors (Lipinski definition) is 1. The molecular formula is C34H24Br3F2NO4. The molecule has 0 aliphatic heterocycles. The van der Waals surface area contributed by atoms with Crippen molar-refractivity contribution in [3.05, 3.63) is 150 Å². The van der Waals surface area contributed by atoms with Crippen LogP contribution in [0.1, 0.15) is 31.8 Å². The molecule has 5 aromatic rings. The summed E-state index contributed by atoms with van der Waals surface area (Å²) >= 11 is 10.1. The molecule has 0 saturated heterocycles. The van der Waals surface area contributed by atoms with E-state index in [0.717, 1.165) is 19.5 Å². The molecule has 1 N–H and O–H groups in total. The monoisotopic (exact) mass is 785 g/mol. The number of halogens is 5. The van der Waals surface area contributed by atoms with Gasteiger partial charge in [0.15, 0.2) is 11.6 Å². The molecule has 5 aromatic carbocycles. The van der Waals surface area contributed by atoms with Gasteiger partial charge in [-0.1, -0.05) is 47.8 Å². The minimum atomic E-state index is -0.691. The van der Waals surface area contributed by atoms with Crippen molar-refractivity contribution < 1.29 is 27.8 Å². The first-order valence-electron chi connectivity index (χ1n) is 12.9. The SMILES string of the molecule is COc1ccc(Br)cc1C(=O)c1ccc(Br)cc1.COc1ccc(Br)cc1C(=O)c1ccc(Nc2ccc(F)cc2F)cc1. The highest BCUT2D eigenvalue weighted by Gasteiger charge is 2.16. The highest BCUT2D eigenvalue weighted by molar-refractivity contribution is 9.11. The van der Waals surface area contributed by atoms with Crippen LogP contribution in [0.2, 0.25) is 0 Å². The number of methoxy groups -OCH3 is 2. The predicted octanol–water partition coefficient (Wildman–Crippen LogP) is 10.2. The van der Waals surface area contributed by atoms with Crippen LogP contribution in [0.15, 0.2) is 117 Å². The van der Waals surface area contributed by atoms with Crippen molar-refractivity contribution in [3.8, 4) is 11.5 Å². The van der Waals surface area contributed by atoms with E-state index in [-0.39, 0.29) is 17.3 Å². The van der Waals surface area contributed by atoms with Crippen LogP contribution in [-0.4, -0.2) is 25.8 Å². The van der Waals surface area contributed by atoms with E-state index in [0.29, 0.717) is 39.4 Å². The van der Waals surface area contributed by atoms with Gasteiger partial charge in [0.1, 0.15) is 23.1 Å². The van der Waals surface area contributed by atoms with Crippen molar-refractivity contribution in [2.24, 2.45) is 0 Å². The quantitative estimate of drug-likeness (QED) is 0.159. The maximum Gasteiger partial charge on any atom is 0.196 e. The molecule has 5 rings (SSSR count). The number of ketones is 2. The highest BCUT2D eigenvalue weighted by atomic mass is 79.9. The number of anilines is 2. The Kier molecular flexibility index (Phi) is 11.4. The van der Waals surface area contributed by atoms with Crippen LogP contribution in [0.3, 0.4) is 0 Å². The van der Waals surface area contributed by atoms with E-state index in [1.165, 1.54) is 19.2 Å². The van der Waals surface area contributed by atoms with Gasteiger partial charge in [-0.05, 0) is 97.1 Å². The Morgan fingerprint density at radius 1 is 0.591 bits per heavy atom. The van der Waals surface area contributed by atoms with Gasteiger partial charge in [-0.2, -0.15) is 0 Å². The summed E-state index contributed by atoms with van der Waals surface area (Å²) in [6.45, 7) is 0. The summed E-state index contributed by atoms with van der Waals surface area (Å²) in [4.78, 5) is 25.1. The first kappa shape index (κ1) is 33.0. The lowest BCUT2D eigenvalue weighted by Crippen LogP contribution is -2.04. The Balaban J connectivity index is 0.000000215. The van der Waals surface area contributed by atoms with Crippen LogP contribution in [-0.2, 0) is 0 Å². The van der Waals surface area contributed by atoms with Gasteiger partial charge in [0.2, 0.25) is 0 Å². The normalized spacial score (nSPS) is 10.3. The molecule has 10 heteroatoms. The van der Waals surface area contributed by atoms with Crippen LogP contribution < -0.4 is 14.8 Å². The summed E-state index contributed by atoms with van der Waals surface area (Å²) in [5.74, 6) is -0.524. The van der Waals surface area contributed by atoms with Crippen LogP contribution >= 0.6 is 47.8 Å². The Bertz CT molecular complexity index is 1800. The Labute approximate surface area is 278 Å². The number of nitrogens with one attached hydrogen (secondary N) is 1. The molecule has 0 atom stereocenters. The Morgan fingerprint density at radius 2 is 1.05 bits per heavy atom. The van der Waals surface area contributed by atoms with E-state index in [1.807, 2.05) is 18.2 Å². The fourth-order valence-electron chi connectivity index (χ4n) is 4.08. The maximum atomic E-state index is 13.7. The fraction of sp³-hybridized carbons (Fsp3) is 0.0588. The summed E-state index contributed by atoms with van der Waals surface area (Å²) < 4.78 is 39.7. The molecule has 0 bridgehead atoms. The summed E-state index contributed by atoms with van der Waals surface area (Å²) in [5.41, 5.74) is 2.81. The molecule has 5 nitrogen and oxygen atoms in total. The molecule has 44 heavy (non-hydrogen) atoms. The molecule has 0 unspecified atom stereocenters. The zero-order valence-electron chi connectivity index (χ0n) is 23.3. The highest BCUT2D eigenvalue weighted by Crippen LogP contribution is 2.28. The van der Waals surface area contributed by atoms with E-state index in [2.05, 4.69) is 53.1 Å². The van der Waals surface area contributed by atoms with Gasteiger partial charge in [0.05, 0.1) is 31.0 Å². The van der Waals surface area contributed by atoms with Crippen LogP contribution in [0.5, 0.6) is 11.5 Å². The average Bonchev–Trinajstić information content (AvgIpc) is 3.02. The number of hydrogen-bond acceptors (Lipinski definition) is 5. The molecule has 224 valence electrons. The van der Waals surface area contributed by atoms with Crippen LogP contribution in [0, 0.1) is 11.6 Å². The molecule has 0 spiro atoms. The van der Waals surface area contributed by atoms with Crippen LogP contribution in [0.4, 0.5) is 20.2 Å². The van der Waals surface area contributed by atoms with E-state index >= 15 is 0 Å². The molecule has 0 aromatic heterocycles. The minimum Gasteiger partial charge on any atom is -0.496 e. The molecule has 0 radical (unpaired) electrons. The van der Waals surface area contributed by atoms with Crippen LogP contribution in [0.25, 0.3) is 0 Å². The largest absolute Gasteiger partial charge is 0.496 e. The molecular weight excluding hydrogens is 764 g/mol. The van der Waals surface area contributed by atoms with Gasteiger partial charge >= 0.3 is 0 Å². The van der Waals surface area contributed by atoms with E-state index in [1.54, 1.807) is 73.8 Å². The van der Waals surface area contributed by atoms with Crippen molar-refractivity contribution >= 4 is 70.7 Å². The molecule has 0 aliphatic carbocycles. The first-order valence-corrected chi connectivity index (χ1v) is 15.3. The smallest absolute Gasteiger partial charge is 0.196 e. The Morgan fingerprint density at radius 3 is 1.50 bits per heavy atom. The standard InChI is InChI=1S/C20H14BrF2NO2.C14H10Br2O2/c1-26-19-9-4-13(21)10-16(19)20(25)12-2-6-15(7-3-12)24-18-8-5-14(22)11-17(18)23;1-18-13-7-6-11(16)8-12(13)14(17)9-2-4-10(15)5-3-9/h2-11,24H,1H3;2-8H,1H3. The lowest BCUT2D eigenvalue weighted by atomic mass is 10.0. The lowest BCUT2D eigenvalue weighted by molar-refractivity contribution is 0.102. The summed E-state index contributed by atoms with van der Waals surface area (Å²) in [7, 11) is 3.06. The number of carbonyl (C=O) groups excluding carboxylic acids is 2. The molecule has 0 aliphatic rings. The molecule has 0 heterocycles. The second kappa shape index (κ2) is 15.2. The maximum absolute atomic E-state index is 13.7. The topological polar surface area (TPSA) is 64.6 Å². The van der Waals surface area contributed by atoms with Crippen molar-refractivity contribution in [2.75, 3.05) is 19.5 Å². The number of carbonyl (C=O) groups is 2. The zero-order valence-corrected chi connectivity index (χ0v) is 28.1. The summed E-state index contributed by atoms with van der Waals surface area (Å²) in [5, 5.41) is 2.85. The number of benzene rings is 5. The molecule has 0 fully saturated rings. The van der Waals surface area contributed by atoms with Gasteiger partial charge in [0, 0.05) is 36.3 Å². The van der Waals surface area contributed by atoms with Gasteiger partial charge in [0.25, 0.3) is 0 Å². The molecule has 0 saturated carbocycles. The minimum absolute atomic E-state index is 0.0550. The van der Waals surface area contributed by atoms with Gasteiger partial charge < -0.3 is 14.8 Å². The summed E-state index contributed by atoms with van der Waals surface area (Å²) in [6, 6.07) is 27.7. The van der Waals surface area contributed by atoms with E-state index in [9.17, 15) is 18.4 Å². The summed E-state index contributed by atoms with van der Waals surface area (Å²) in [6.07, 6.45) is 0. The van der Waals surface area contributed by atoms with Crippen molar-refractivity contribution in [1.82, 2.24) is 0 Å². The van der Waals surface area contributed by atoms with Gasteiger partial charge in [-0.3, -0.25) is 9.59 Å². The Hall–Kier alpha value is -3.86. The average molecular weight is 788 g/mol. The van der Waals surface area contributed by atoms with Crippen molar-refractivity contribution in [1.29, 1.82) is 0 Å². The van der Waals surface area contributed by atoms with Crippen molar-refractivity contribution in [2.45, 2.75) is 0 Å².